The zero-order valence-electron chi connectivity index (χ0n) is 12.1. The molecule has 0 aromatic heterocycles. The SMILES string of the molecule is Cc1cccc(C)c1CC1(O)CC2CCCC(C1)N2. The summed E-state index contributed by atoms with van der Waals surface area (Å²) in [6, 6.07) is 7.49. The van der Waals surface area contributed by atoms with Gasteiger partial charge in [0.25, 0.3) is 0 Å². The average Bonchev–Trinajstić information content (AvgIpc) is 2.33. The molecule has 2 atom stereocenters. The van der Waals surface area contributed by atoms with Gasteiger partial charge in [0.15, 0.2) is 0 Å². The minimum atomic E-state index is -0.502. The van der Waals surface area contributed by atoms with E-state index in [1.54, 1.807) is 0 Å². The fourth-order valence-electron chi connectivity index (χ4n) is 4.03. The van der Waals surface area contributed by atoms with Gasteiger partial charge in [0.1, 0.15) is 0 Å². The number of rotatable bonds is 2. The molecule has 2 heterocycles. The van der Waals surface area contributed by atoms with E-state index >= 15 is 0 Å². The van der Waals surface area contributed by atoms with E-state index in [1.807, 2.05) is 0 Å². The van der Waals surface area contributed by atoms with Gasteiger partial charge in [-0.15, -0.1) is 0 Å². The van der Waals surface area contributed by atoms with Crippen molar-refractivity contribution in [1.82, 2.24) is 5.32 Å². The van der Waals surface area contributed by atoms with Crippen LogP contribution in [0.1, 0.15) is 48.8 Å². The van der Waals surface area contributed by atoms with Gasteiger partial charge in [-0.1, -0.05) is 24.6 Å². The van der Waals surface area contributed by atoms with Gasteiger partial charge in [0.05, 0.1) is 5.60 Å². The maximum atomic E-state index is 11.0. The number of aliphatic hydroxyl groups is 1. The second-order valence-electron chi connectivity index (χ2n) is 6.67. The third kappa shape index (κ3) is 2.70. The van der Waals surface area contributed by atoms with E-state index in [0.717, 1.165) is 19.3 Å². The van der Waals surface area contributed by atoms with Crippen LogP contribution in [0.15, 0.2) is 18.2 Å². The van der Waals surface area contributed by atoms with Crippen LogP contribution in [0.3, 0.4) is 0 Å². The van der Waals surface area contributed by atoms with Crippen molar-refractivity contribution in [3.05, 3.63) is 34.9 Å². The minimum Gasteiger partial charge on any atom is -0.389 e. The molecule has 2 fully saturated rings. The van der Waals surface area contributed by atoms with Gasteiger partial charge in [-0.3, -0.25) is 0 Å². The maximum Gasteiger partial charge on any atom is 0.0717 e. The van der Waals surface area contributed by atoms with E-state index in [0.29, 0.717) is 12.1 Å². The van der Waals surface area contributed by atoms with Crippen molar-refractivity contribution in [3.63, 3.8) is 0 Å². The van der Waals surface area contributed by atoms with Gasteiger partial charge in [0.2, 0.25) is 0 Å². The van der Waals surface area contributed by atoms with Crippen LogP contribution >= 0.6 is 0 Å². The van der Waals surface area contributed by atoms with Gasteiger partial charge < -0.3 is 10.4 Å². The first-order valence-corrected chi connectivity index (χ1v) is 7.59. The van der Waals surface area contributed by atoms with Gasteiger partial charge >= 0.3 is 0 Å². The van der Waals surface area contributed by atoms with Crippen molar-refractivity contribution in [2.75, 3.05) is 0 Å². The highest BCUT2D eigenvalue weighted by Crippen LogP contribution is 2.35. The number of aryl methyl sites for hydroxylation is 2. The Morgan fingerprint density at radius 1 is 1.16 bits per heavy atom. The summed E-state index contributed by atoms with van der Waals surface area (Å²) in [5.74, 6) is 0. The zero-order chi connectivity index (χ0) is 13.5. The lowest BCUT2D eigenvalue weighted by molar-refractivity contribution is -0.0304. The number of nitrogens with one attached hydrogen (secondary N) is 1. The van der Waals surface area contributed by atoms with E-state index < -0.39 is 5.60 Å². The van der Waals surface area contributed by atoms with Crippen LogP contribution in [0.2, 0.25) is 0 Å². The minimum absolute atomic E-state index is 0.502. The van der Waals surface area contributed by atoms with Crippen molar-refractivity contribution in [1.29, 1.82) is 0 Å². The van der Waals surface area contributed by atoms with Crippen LogP contribution in [0.25, 0.3) is 0 Å². The van der Waals surface area contributed by atoms with Crippen molar-refractivity contribution in [3.8, 4) is 0 Å². The van der Waals surface area contributed by atoms with Crippen LogP contribution in [-0.2, 0) is 6.42 Å². The van der Waals surface area contributed by atoms with Gasteiger partial charge in [0, 0.05) is 18.5 Å². The van der Waals surface area contributed by atoms with Crippen LogP contribution < -0.4 is 5.32 Å². The lowest BCUT2D eigenvalue weighted by atomic mass is 9.74. The quantitative estimate of drug-likeness (QED) is 0.856. The molecule has 1 aromatic rings. The molecule has 3 rings (SSSR count). The topological polar surface area (TPSA) is 32.3 Å². The van der Waals surface area contributed by atoms with Gasteiger partial charge in [-0.2, -0.15) is 0 Å². The van der Waals surface area contributed by atoms with E-state index in [1.165, 1.54) is 36.0 Å². The molecule has 1 aromatic carbocycles. The molecule has 104 valence electrons. The number of hydrogen-bond acceptors (Lipinski definition) is 2. The molecule has 0 radical (unpaired) electrons. The zero-order valence-corrected chi connectivity index (χ0v) is 12.1. The van der Waals surface area contributed by atoms with Crippen molar-refractivity contribution >= 4 is 0 Å². The molecule has 2 heteroatoms. The predicted molar refractivity (Wildman–Crippen MR) is 78.4 cm³/mol. The first kappa shape index (κ1) is 13.1. The molecule has 2 bridgehead atoms. The van der Waals surface area contributed by atoms with Crippen molar-refractivity contribution in [2.45, 2.75) is 70.1 Å². The summed E-state index contributed by atoms with van der Waals surface area (Å²) in [6.45, 7) is 4.32. The first-order chi connectivity index (χ1) is 9.06. The average molecular weight is 259 g/mol. The summed E-state index contributed by atoms with van der Waals surface area (Å²) < 4.78 is 0. The van der Waals surface area contributed by atoms with Crippen molar-refractivity contribution < 1.29 is 5.11 Å². The highest BCUT2D eigenvalue weighted by molar-refractivity contribution is 5.35. The summed E-state index contributed by atoms with van der Waals surface area (Å²) in [4.78, 5) is 0. The second-order valence-corrected chi connectivity index (χ2v) is 6.67. The number of hydrogen-bond donors (Lipinski definition) is 2. The Kier molecular flexibility index (Phi) is 3.40. The largest absolute Gasteiger partial charge is 0.389 e. The van der Waals surface area contributed by atoms with E-state index in [-0.39, 0.29) is 0 Å². The third-order valence-electron chi connectivity index (χ3n) is 4.98. The molecule has 2 aliphatic heterocycles. The second kappa shape index (κ2) is 4.92. The molecular formula is C17H25NO. The van der Waals surface area contributed by atoms with Gasteiger partial charge in [-0.25, -0.2) is 0 Å². The lowest BCUT2D eigenvalue weighted by Gasteiger charge is -2.45. The Morgan fingerprint density at radius 2 is 1.74 bits per heavy atom. The molecule has 0 saturated carbocycles. The van der Waals surface area contributed by atoms with E-state index in [2.05, 4.69) is 37.4 Å². The first-order valence-electron chi connectivity index (χ1n) is 7.59. The Bertz CT molecular complexity index is 436. The van der Waals surface area contributed by atoms with Crippen molar-refractivity contribution in [2.24, 2.45) is 0 Å². The maximum absolute atomic E-state index is 11.0. The molecule has 2 nitrogen and oxygen atoms in total. The Labute approximate surface area is 116 Å². The molecule has 2 saturated heterocycles. The van der Waals surface area contributed by atoms with Crippen LogP contribution in [0.4, 0.5) is 0 Å². The third-order valence-corrected chi connectivity index (χ3v) is 4.98. The number of benzene rings is 1. The molecule has 0 amide bonds. The highest BCUT2D eigenvalue weighted by atomic mass is 16.3. The van der Waals surface area contributed by atoms with Gasteiger partial charge in [-0.05, 0) is 56.2 Å². The van der Waals surface area contributed by atoms with Crippen LogP contribution in [0, 0.1) is 13.8 Å². The molecule has 2 N–H and O–H groups in total. The monoisotopic (exact) mass is 259 g/mol. The number of piperidine rings is 2. The molecule has 0 spiro atoms. The van der Waals surface area contributed by atoms with Crippen LogP contribution in [-0.4, -0.2) is 22.8 Å². The Morgan fingerprint density at radius 3 is 2.32 bits per heavy atom. The Hall–Kier alpha value is -0.860. The Balaban J connectivity index is 1.82. The number of fused-ring (bicyclic) bond motifs is 2. The smallest absolute Gasteiger partial charge is 0.0717 e. The van der Waals surface area contributed by atoms with E-state index in [4.69, 9.17) is 0 Å². The molecule has 19 heavy (non-hydrogen) atoms. The summed E-state index contributed by atoms with van der Waals surface area (Å²) in [5.41, 5.74) is 3.48. The summed E-state index contributed by atoms with van der Waals surface area (Å²) in [6.07, 6.45) is 6.42. The van der Waals surface area contributed by atoms with E-state index in [9.17, 15) is 5.11 Å². The van der Waals surface area contributed by atoms with Crippen LogP contribution in [0.5, 0.6) is 0 Å². The molecule has 0 aliphatic carbocycles. The predicted octanol–water partition coefficient (Wildman–Crippen LogP) is 2.88. The summed E-state index contributed by atoms with van der Waals surface area (Å²) in [7, 11) is 0. The fraction of sp³-hybridized carbons (Fsp3) is 0.647. The summed E-state index contributed by atoms with van der Waals surface area (Å²) >= 11 is 0. The summed E-state index contributed by atoms with van der Waals surface area (Å²) in [5, 5.41) is 14.7. The molecule has 2 aliphatic rings. The standard InChI is InChI=1S/C17H25NO/c1-12-5-3-6-13(2)16(12)11-17(19)9-14-7-4-8-15(10-17)18-14/h3,5-6,14-15,18-19H,4,7-11H2,1-2H3. The normalized spacial score (nSPS) is 34.3. The molecule has 2 unspecified atom stereocenters. The fourth-order valence-corrected chi connectivity index (χ4v) is 4.03. The highest BCUT2D eigenvalue weighted by Gasteiger charge is 2.40. The molecular weight excluding hydrogens is 234 g/mol. The lowest BCUT2D eigenvalue weighted by Crippen LogP contribution is -2.56.